The Kier molecular flexibility index (Phi) is 6.10. The van der Waals surface area contributed by atoms with Crippen LogP contribution in [-0.2, 0) is 0 Å². The molecule has 86 valence electrons. The molecule has 0 fully saturated rings. The fourth-order valence-corrected chi connectivity index (χ4v) is 2.04. The van der Waals surface area contributed by atoms with Gasteiger partial charge < -0.3 is 10.0 Å². The van der Waals surface area contributed by atoms with Crippen LogP contribution < -0.4 is 0 Å². The highest BCUT2D eigenvalue weighted by atomic mass is 32.2. The van der Waals surface area contributed by atoms with Gasteiger partial charge in [-0.05, 0) is 27.2 Å². The average Bonchev–Trinajstić information content (AvgIpc) is 2.03. The lowest BCUT2D eigenvalue weighted by atomic mass is 9.87. The Morgan fingerprint density at radius 3 is 2.21 bits per heavy atom. The second-order valence-corrected chi connectivity index (χ2v) is 5.79. The minimum atomic E-state index is -0.258. The van der Waals surface area contributed by atoms with E-state index in [1.165, 1.54) is 0 Å². The number of nitrogens with zero attached hydrogens (tertiary/aromatic N) is 1. The highest BCUT2D eigenvalue weighted by molar-refractivity contribution is 7.98. The Hall–Kier alpha value is 0.270. The second kappa shape index (κ2) is 5.99. The third kappa shape index (κ3) is 4.67. The molecule has 2 nitrogen and oxygen atoms in total. The number of thioether (sulfide) groups is 1. The summed E-state index contributed by atoms with van der Waals surface area (Å²) < 4.78 is 0. The highest BCUT2D eigenvalue weighted by Gasteiger charge is 2.27. The molecule has 3 heteroatoms. The van der Waals surface area contributed by atoms with E-state index in [1.54, 1.807) is 0 Å². The lowest BCUT2D eigenvalue weighted by Gasteiger charge is -2.35. The largest absolute Gasteiger partial charge is 0.393 e. The molecule has 2 atom stereocenters. The van der Waals surface area contributed by atoms with E-state index in [1.807, 2.05) is 18.7 Å². The Bertz CT molecular complexity index is 159. The first-order valence-corrected chi connectivity index (χ1v) is 6.58. The number of hydrogen-bond donors (Lipinski definition) is 1. The Morgan fingerprint density at radius 2 is 1.86 bits per heavy atom. The first-order valence-electron chi connectivity index (χ1n) is 5.18. The average molecular weight is 219 g/mol. The summed E-state index contributed by atoms with van der Waals surface area (Å²) in [5.74, 6) is 1.15. The molecule has 1 N–H and O–H groups in total. The first kappa shape index (κ1) is 14.3. The third-order valence-electron chi connectivity index (χ3n) is 2.95. The molecular weight excluding hydrogens is 194 g/mol. The molecule has 0 rings (SSSR count). The van der Waals surface area contributed by atoms with E-state index < -0.39 is 0 Å². The minimum Gasteiger partial charge on any atom is -0.393 e. The van der Waals surface area contributed by atoms with Gasteiger partial charge >= 0.3 is 0 Å². The summed E-state index contributed by atoms with van der Waals surface area (Å²) in [4.78, 5) is 2.32. The predicted octanol–water partition coefficient (Wildman–Crippen LogP) is 2.08. The van der Waals surface area contributed by atoms with Crippen molar-refractivity contribution in [3.05, 3.63) is 0 Å². The third-order valence-corrected chi connectivity index (χ3v) is 3.76. The standard InChI is InChI=1S/C11H25NOS/c1-9(7-14-6)12(5)8-11(3,4)10(2)13/h9-10,13H,7-8H2,1-6H3. The van der Waals surface area contributed by atoms with Gasteiger partial charge in [-0.25, -0.2) is 0 Å². The summed E-state index contributed by atoms with van der Waals surface area (Å²) in [5, 5.41) is 9.61. The van der Waals surface area contributed by atoms with E-state index in [4.69, 9.17) is 0 Å². The van der Waals surface area contributed by atoms with Gasteiger partial charge in [0.25, 0.3) is 0 Å². The maximum absolute atomic E-state index is 9.61. The molecule has 0 bridgehead atoms. The van der Waals surface area contributed by atoms with Crippen molar-refractivity contribution in [1.82, 2.24) is 4.90 Å². The van der Waals surface area contributed by atoms with Gasteiger partial charge in [-0.3, -0.25) is 0 Å². The monoisotopic (exact) mass is 219 g/mol. The van der Waals surface area contributed by atoms with Crippen LogP contribution in [0.4, 0.5) is 0 Å². The molecule has 2 unspecified atom stereocenters. The van der Waals surface area contributed by atoms with E-state index in [2.05, 4.69) is 39.0 Å². The van der Waals surface area contributed by atoms with Crippen molar-refractivity contribution in [2.24, 2.45) is 5.41 Å². The van der Waals surface area contributed by atoms with Crippen molar-refractivity contribution < 1.29 is 5.11 Å². The van der Waals surface area contributed by atoms with Crippen molar-refractivity contribution in [3.63, 3.8) is 0 Å². The first-order chi connectivity index (χ1) is 6.31. The summed E-state index contributed by atoms with van der Waals surface area (Å²) in [7, 11) is 2.13. The normalized spacial score (nSPS) is 17.1. The molecule has 0 aliphatic carbocycles. The molecule has 0 aromatic rings. The molecule has 14 heavy (non-hydrogen) atoms. The topological polar surface area (TPSA) is 23.5 Å². The number of aliphatic hydroxyl groups excluding tert-OH is 1. The molecule has 0 aliphatic rings. The van der Waals surface area contributed by atoms with E-state index in [0.717, 1.165) is 12.3 Å². The fourth-order valence-electron chi connectivity index (χ4n) is 1.30. The molecule has 0 amide bonds. The van der Waals surface area contributed by atoms with Gasteiger partial charge in [-0.15, -0.1) is 0 Å². The van der Waals surface area contributed by atoms with Crippen molar-refractivity contribution in [1.29, 1.82) is 0 Å². The van der Waals surface area contributed by atoms with Gasteiger partial charge in [0, 0.05) is 23.8 Å². The van der Waals surface area contributed by atoms with Gasteiger partial charge in [0.05, 0.1) is 6.10 Å². The number of rotatable bonds is 6. The zero-order valence-electron chi connectivity index (χ0n) is 10.4. The second-order valence-electron chi connectivity index (χ2n) is 4.88. The minimum absolute atomic E-state index is 0.0264. The molecule has 0 spiro atoms. The van der Waals surface area contributed by atoms with E-state index in [9.17, 15) is 5.11 Å². The molecule has 0 radical (unpaired) electrons. The molecule has 0 aromatic heterocycles. The van der Waals surface area contributed by atoms with Crippen LogP contribution in [0.2, 0.25) is 0 Å². The van der Waals surface area contributed by atoms with Gasteiger partial charge in [0.2, 0.25) is 0 Å². The zero-order chi connectivity index (χ0) is 11.4. The van der Waals surface area contributed by atoms with Crippen molar-refractivity contribution in [2.45, 2.75) is 39.8 Å². The lowest BCUT2D eigenvalue weighted by Crippen LogP contribution is -2.43. The van der Waals surface area contributed by atoms with Crippen molar-refractivity contribution >= 4 is 11.8 Å². The lowest BCUT2D eigenvalue weighted by molar-refractivity contribution is 0.0346. The molecular formula is C11H25NOS. The summed E-state index contributed by atoms with van der Waals surface area (Å²) >= 11 is 1.87. The quantitative estimate of drug-likeness (QED) is 0.740. The molecule has 0 saturated heterocycles. The molecule has 0 heterocycles. The van der Waals surface area contributed by atoms with Crippen molar-refractivity contribution in [2.75, 3.05) is 25.6 Å². The van der Waals surface area contributed by atoms with Crippen LogP contribution >= 0.6 is 11.8 Å². The molecule has 0 aliphatic heterocycles. The van der Waals surface area contributed by atoms with Crippen LogP contribution in [0, 0.1) is 5.41 Å². The van der Waals surface area contributed by atoms with Gasteiger partial charge in [0.15, 0.2) is 0 Å². The highest BCUT2D eigenvalue weighted by Crippen LogP contribution is 2.22. The van der Waals surface area contributed by atoms with Gasteiger partial charge in [-0.1, -0.05) is 13.8 Å². The summed E-state index contributed by atoms with van der Waals surface area (Å²) in [6.07, 6.45) is 1.87. The Balaban J connectivity index is 4.10. The van der Waals surface area contributed by atoms with Gasteiger partial charge in [0.1, 0.15) is 0 Å². The summed E-state index contributed by atoms with van der Waals surface area (Å²) in [6.45, 7) is 9.26. The summed E-state index contributed by atoms with van der Waals surface area (Å²) in [6, 6.07) is 0.572. The van der Waals surface area contributed by atoms with Crippen LogP contribution in [0.15, 0.2) is 0 Å². The Morgan fingerprint density at radius 1 is 1.36 bits per heavy atom. The number of hydrogen-bond acceptors (Lipinski definition) is 3. The molecule has 0 aromatic carbocycles. The van der Waals surface area contributed by atoms with Gasteiger partial charge in [-0.2, -0.15) is 11.8 Å². The zero-order valence-corrected chi connectivity index (χ0v) is 11.2. The van der Waals surface area contributed by atoms with E-state index >= 15 is 0 Å². The van der Waals surface area contributed by atoms with Crippen LogP contribution in [0.3, 0.4) is 0 Å². The fraction of sp³-hybridized carbons (Fsp3) is 1.00. The Labute approximate surface area is 93.1 Å². The maximum Gasteiger partial charge on any atom is 0.0575 e. The van der Waals surface area contributed by atoms with Crippen LogP contribution in [0.1, 0.15) is 27.7 Å². The van der Waals surface area contributed by atoms with Crippen LogP contribution in [0.5, 0.6) is 0 Å². The van der Waals surface area contributed by atoms with Crippen LogP contribution in [0.25, 0.3) is 0 Å². The van der Waals surface area contributed by atoms with E-state index in [-0.39, 0.29) is 11.5 Å². The summed E-state index contributed by atoms with van der Waals surface area (Å²) in [5.41, 5.74) is -0.0264. The van der Waals surface area contributed by atoms with Crippen molar-refractivity contribution in [3.8, 4) is 0 Å². The maximum atomic E-state index is 9.61. The number of aliphatic hydroxyl groups is 1. The van der Waals surface area contributed by atoms with E-state index in [0.29, 0.717) is 6.04 Å². The predicted molar refractivity (Wildman–Crippen MR) is 65.9 cm³/mol. The SMILES string of the molecule is CSCC(C)N(C)CC(C)(C)C(C)O. The smallest absolute Gasteiger partial charge is 0.0575 e. The molecule has 0 saturated carbocycles. The van der Waals surface area contributed by atoms with Crippen LogP contribution in [-0.4, -0.2) is 47.8 Å².